The molecule has 2 fully saturated rings. The van der Waals surface area contributed by atoms with Crippen molar-refractivity contribution in [2.24, 2.45) is 0 Å². The summed E-state index contributed by atoms with van der Waals surface area (Å²) in [7, 11) is 0. The van der Waals surface area contributed by atoms with Crippen molar-refractivity contribution in [2.75, 3.05) is 0 Å². The SMILES string of the molecule is O=C(Cl)N1C2CCC1CC(c1ccc(F)cc1)C2. The van der Waals surface area contributed by atoms with Crippen LogP contribution in [0.25, 0.3) is 0 Å². The Balaban J connectivity index is 1.79. The number of hydrogen-bond acceptors (Lipinski definition) is 1. The van der Waals surface area contributed by atoms with Crippen molar-refractivity contribution < 1.29 is 9.18 Å². The highest BCUT2D eigenvalue weighted by molar-refractivity contribution is 6.62. The van der Waals surface area contributed by atoms with E-state index < -0.39 is 0 Å². The third-order valence-electron chi connectivity index (χ3n) is 4.28. The molecule has 3 rings (SSSR count). The molecular weight excluding hydrogens is 253 g/mol. The third-order valence-corrected chi connectivity index (χ3v) is 4.47. The molecule has 2 saturated heterocycles. The van der Waals surface area contributed by atoms with E-state index in [-0.39, 0.29) is 23.3 Å². The molecule has 18 heavy (non-hydrogen) atoms. The van der Waals surface area contributed by atoms with Gasteiger partial charge in [0.1, 0.15) is 5.82 Å². The zero-order valence-electron chi connectivity index (χ0n) is 9.98. The Morgan fingerprint density at radius 1 is 1.17 bits per heavy atom. The molecule has 0 radical (unpaired) electrons. The van der Waals surface area contributed by atoms with E-state index >= 15 is 0 Å². The van der Waals surface area contributed by atoms with E-state index in [1.807, 2.05) is 17.0 Å². The van der Waals surface area contributed by atoms with Crippen molar-refractivity contribution in [2.45, 2.75) is 43.7 Å². The number of nitrogens with zero attached hydrogens (tertiary/aromatic N) is 1. The second kappa shape index (κ2) is 4.54. The lowest BCUT2D eigenvalue weighted by molar-refractivity contribution is 0.158. The van der Waals surface area contributed by atoms with Gasteiger partial charge in [0.25, 0.3) is 0 Å². The van der Waals surface area contributed by atoms with Gasteiger partial charge in [0.15, 0.2) is 0 Å². The molecule has 2 aliphatic rings. The Kier molecular flexibility index (Phi) is 3.02. The van der Waals surface area contributed by atoms with Crippen molar-refractivity contribution in [3.8, 4) is 0 Å². The summed E-state index contributed by atoms with van der Waals surface area (Å²) in [5.74, 6) is 0.227. The van der Waals surface area contributed by atoms with Crippen LogP contribution in [0.5, 0.6) is 0 Å². The van der Waals surface area contributed by atoms with Gasteiger partial charge in [0.05, 0.1) is 0 Å². The Bertz CT molecular complexity index is 447. The van der Waals surface area contributed by atoms with Gasteiger partial charge in [-0.3, -0.25) is 4.79 Å². The molecule has 2 nitrogen and oxygen atoms in total. The maximum absolute atomic E-state index is 12.9. The van der Waals surface area contributed by atoms with E-state index in [2.05, 4.69) is 0 Å². The highest BCUT2D eigenvalue weighted by Crippen LogP contribution is 2.43. The molecule has 2 heterocycles. The number of carbonyl (C=O) groups is 1. The van der Waals surface area contributed by atoms with Crippen LogP contribution in [0.2, 0.25) is 0 Å². The van der Waals surface area contributed by atoms with Crippen molar-refractivity contribution in [1.29, 1.82) is 0 Å². The first-order valence-electron chi connectivity index (χ1n) is 6.38. The molecule has 0 spiro atoms. The lowest BCUT2D eigenvalue weighted by atomic mass is 9.85. The first-order valence-corrected chi connectivity index (χ1v) is 6.76. The lowest BCUT2D eigenvalue weighted by Crippen LogP contribution is -2.43. The highest BCUT2D eigenvalue weighted by atomic mass is 35.5. The van der Waals surface area contributed by atoms with E-state index in [1.165, 1.54) is 17.7 Å². The molecule has 2 bridgehead atoms. The van der Waals surface area contributed by atoms with E-state index in [0.29, 0.717) is 5.92 Å². The highest BCUT2D eigenvalue weighted by Gasteiger charge is 2.42. The zero-order chi connectivity index (χ0) is 12.7. The number of halogens is 2. The summed E-state index contributed by atoms with van der Waals surface area (Å²) in [6.07, 6.45) is 3.98. The lowest BCUT2D eigenvalue weighted by Gasteiger charge is -2.37. The average Bonchev–Trinajstić information content (AvgIpc) is 2.62. The van der Waals surface area contributed by atoms with Crippen LogP contribution in [0.3, 0.4) is 0 Å². The first-order chi connectivity index (χ1) is 8.65. The molecule has 0 N–H and O–H groups in total. The van der Waals surface area contributed by atoms with Gasteiger partial charge in [-0.2, -0.15) is 0 Å². The minimum Gasteiger partial charge on any atom is -0.323 e. The normalized spacial score (nSPS) is 30.6. The third kappa shape index (κ3) is 2.01. The van der Waals surface area contributed by atoms with Crippen LogP contribution < -0.4 is 0 Å². The van der Waals surface area contributed by atoms with Crippen LogP contribution in [0.4, 0.5) is 9.18 Å². The van der Waals surface area contributed by atoms with Gasteiger partial charge in [-0.1, -0.05) is 12.1 Å². The van der Waals surface area contributed by atoms with Crippen LogP contribution in [0, 0.1) is 5.82 Å². The van der Waals surface area contributed by atoms with Crippen LogP contribution in [0.1, 0.15) is 37.2 Å². The predicted molar refractivity (Wildman–Crippen MR) is 68.3 cm³/mol. The molecule has 2 aliphatic heterocycles. The van der Waals surface area contributed by atoms with Gasteiger partial charge in [-0.15, -0.1) is 0 Å². The fraction of sp³-hybridized carbons (Fsp3) is 0.500. The summed E-state index contributed by atoms with van der Waals surface area (Å²) in [5, 5.41) is -0.319. The van der Waals surface area contributed by atoms with Crippen LogP contribution in [-0.4, -0.2) is 22.3 Å². The zero-order valence-corrected chi connectivity index (χ0v) is 10.7. The van der Waals surface area contributed by atoms with Gasteiger partial charge >= 0.3 is 5.37 Å². The number of rotatable bonds is 1. The molecule has 1 amide bonds. The summed E-state index contributed by atoms with van der Waals surface area (Å²) >= 11 is 5.64. The average molecular weight is 268 g/mol. The largest absolute Gasteiger partial charge is 0.323 e. The minimum atomic E-state index is -0.319. The number of amides is 1. The fourth-order valence-electron chi connectivity index (χ4n) is 3.47. The summed E-state index contributed by atoms with van der Waals surface area (Å²) < 4.78 is 12.9. The molecular formula is C14H15ClFNO. The Hall–Kier alpha value is -1.09. The van der Waals surface area contributed by atoms with E-state index in [4.69, 9.17) is 11.6 Å². The van der Waals surface area contributed by atoms with Crippen molar-refractivity contribution >= 4 is 17.0 Å². The molecule has 0 saturated carbocycles. The fourth-order valence-corrected chi connectivity index (χ4v) is 3.75. The standard InChI is InChI=1S/C14H15ClFNO/c15-14(18)17-12-5-6-13(17)8-10(7-12)9-1-3-11(16)4-2-9/h1-4,10,12-13H,5-8H2. The van der Waals surface area contributed by atoms with Crippen molar-refractivity contribution in [1.82, 2.24) is 4.90 Å². The summed E-state index contributed by atoms with van der Waals surface area (Å²) in [6.45, 7) is 0. The number of benzene rings is 1. The van der Waals surface area contributed by atoms with Gasteiger partial charge < -0.3 is 4.90 Å². The molecule has 0 aliphatic carbocycles. The topological polar surface area (TPSA) is 20.3 Å². The van der Waals surface area contributed by atoms with Crippen LogP contribution >= 0.6 is 11.6 Å². The van der Waals surface area contributed by atoms with E-state index in [0.717, 1.165) is 25.7 Å². The summed E-state index contributed by atoms with van der Waals surface area (Å²) in [4.78, 5) is 13.2. The maximum atomic E-state index is 12.9. The quantitative estimate of drug-likeness (QED) is 0.558. The maximum Gasteiger partial charge on any atom is 0.316 e. The van der Waals surface area contributed by atoms with Crippen molar-refractivity contribution in [3.63, 3.8) is 0 Å². The summed E-state index contributed by atoms with van der Waals surface area (Å²) in [6, 6.07) is 7.27. The first kappa shape index (κ1) is 12.0. The van der Waals surface area contributed by atoms with Gasteiger partial charge in [-0.25, -0.2) is 4.39 Å². The monoisotopic (exact) mass is 267 g/mol. The molecule has 96 valence electrons. The molecule has 2 unspecified atom stereocenters. The second-order valence-electron chi connectivity index (χ2n) is 5.27. The van der Waals surface area contributed by atoms with Crippen molar-refractivity contribution in [3.05, 3.63) is 35.6 Å². The number of fused-ring (bicyclic) bond motifs is 2. The molecule has 4 heteroatoms. The van der Waals surface area contributed by atoms with E-state index in [9.17, 15) is 9.18 Å². The molecule has 0 aromatic heterocycles. The molecule has 2 atom stereocenters. The Morgan fingerprint density at radius 3 is 2.22 bits per heavy atom. The van der Waals surface area contributed by atoms with Gasteiger partial charge in [0, 0.05) is 12.1 Å². The number of hydrogen-bond donors (Lipinski definition) is 0. The Labute approximate surface area is 111 Å². The second-order valence-corrected chi connectivity index (χ2v) is 5.59. The van der Waals surface area contributed by atoms with Crippen LogP contribution in [-0.2, 0) is 0 Å². The number of piperidine rings is 1. The smallest absolute Gasteiger partial charge is 0.316 e. The summed E-state index contributed by atoms with van der Waals surface area (Å²) in [5.41, 5.74) is 1.18. The van der Waals surface area contributed by atoms with Gasteiger partial charge in [0.2, 0.25) is 0 Å². The molecule has 1 aromatic carbocycles. The van der Waals surface area contributed by atoms with E-state index in [1.54, 1.807) is 0 Å². The predicted octanol–water partition coefficient (Wildman–Crippen LogP) is 3.89. The minimum absolute atomic E-state index is 0.199. The number of carbonyl (C=O) groups excluding carboxylic acids is 1. The Morgan fingerprint density at radius 2 is 1.72 bits per heavy atom. The molecule has 1 aromatic rings. The van der Waals surface area contributed by atoms with Crippen LogP contribution in [0.15, 0.2) is 24.3 Å². The van der Waals surface area contributed by atoms with Gasteiger partial charge in [-0.05, 0) is 60.9 Å².